The predicted molar refractivity (Wildman–Crippen MR) is 78.5 cm³/mol. The van der Waals surface area contributed by atoms with Crippen molar-refractivity contribution in [2.75, 3.05) is 5.75 Å². The first kappa shape index (κ1) is 17.8. The Hall–Kier alpha value is -1.58. The Balaban J connectivity index is 2.30. The van der Waals surface area contributed by atoms with Crippen molar-refractivity contribution in [1.29, 1.82) is 0 Å². The molecule has 0 heterocycles. The summed E-state index contributed by atoms with van der Waals surface area (Å²) >= 11 is 0.551. The second kappa shape index (κ2) is 6.90. The highest BCUT2D eigenvalue weighted by Crippen LogP contribution is 2.33. The van der Waals surface area contributed by atoms with Gasteiger partial charge in [-0.3, -0.25) is 0 Å². The van der Waals surface area contributed by atoms with Crippen LogP contribution in [0.2, 0.25) is 0 Å². The number of hydrogen-bond donors (Lipinski definition) is 1. The number of hydrogen-bond acceptors (Lipinski definition) is 3. The van der Waals surface area contributed by atoms with Crippen LogP contribution in [0.1, 0.15) is 5.56 Å². The van der Waals surface area contributed by atoms with Crippen molar-refractivity contribution >= 4 is 21.8 Å². The van der Waals surface area contributed by atoms with Crippen LogP contribution in [0.25, 0.3) is 0 Å². The van der Waals surface area contributed by atoms with Gasteiger partial charge in [0, 0.05) is 5.75 Å². The third-order valence-electron chi connectivity index (χ3n) is 2.95. The van der Waals surface area contributed by atoms with E-state index in [-0.39, 0.29) is 5.75 Å². The summed E-state index contributed by atoms with van der Waals surface area (Å²) < 4.78 is 77.2. The highest BCUT2D eigenvalue weighted by Gasteiger charge is 2.31. The zero-order chi connectivity index (χ0) is 17.2. The van der Waals surface area contributed by atoms with Crippen LogP contribution < -0.4 is 5.14 Å². The lowest BCUT2D eigenvalue weighted by Gasteiger charge is -2.10. The molecule has 0 radical (unpaired) electrons. The van der Waals surface area contributed by atoms with Crippen LogP contribution in [0.5, 0.6) is 0 Å². The van der Waals surface area contributed by atoms with Gasteiger partial charge >= 0.3 is 0 Å². The SMILES string of the molecule is NS(=O)(=O)c1c(F)c(F)c(SCCc2ccccc2)c(F)c1F. The monoisotopic (exact) mass is 365 g/mol. The molecule has 0 saturated heterocycles. The van der Waals surface area contributed by atoms with Gasteiger partial charge in [-0.2, -0.15) is 0 Å². The molecule has 2 aromatic rings. The Labute approximate surface area is 134 Å². The first-order valence-electron chi connectivity index (χ1n) is 6.29. The predicted octanol–water partition coefficient (Wildman–Crippen LogP) is 3.23. The topological polar surface area (TPSA) is 60.2 Å². The first-order chi connectivity index (χ1) is 10.7. The maximum absolute atomic E-state index is 13.8. The molecule has 0 saturated carbocycles. The molecule has 0 aliphatic heterocycles. The number of primary sulfonamides is 1. The van der Waals surface area contributed by atoms with Gasteiger partial charge < -0.3 is 0 Å². The maximum atomic E-state index is 13.8. The summed E-state index contributed by atoms with van der Waals surface area (Å²) in [5.41, 5.74) is 0.878. The molecule has 0 amide bonds. The second-order valence-electron chi connectivity index (χ2n) is 4.54. The highest BCUT2D eigenvalue weighted by atomic mass is 32.2. The van der Waals surface area contributed by atoms with Gasteiger partial charge in [0.15, 0.2) is 28.2 Å². The van der Waals surface area contributed by atoms with Crippen molar-refractivity contribution in [3.63, 3.8) is 0 Å². The number of halogens is 4. The molecule has 2 aromatic carbocycles. The van der Waals surface area contributed by atoms with Gasteiger partial charge in [-0.05, 0) is 12.0 Å². The summed E-state index contributed by atoms with van der Waals surface area (Å²) in [7, 11) is -4.93. The Morgan fingerprint density at radius 3 is 1.91 bits per heavy atom. The van der Waals surface area contributed by atoms with E-state index in [4.69, 9.17) is 0 Å². The van der Waals surface area contributed by atoms with Crippen molar-refractivity contribution in [3.05, 3.63) is 59.2 Å². The molecule has 0 aliphatic carbocycles. The molecule has 3 nitrogen and oxygen atoms in total. The summed E-state index contributed by atoms with van der Waals surface area (Å²) in [5, 5.41) is 4.57. The van der Waals surface area contributed by atoms with E-state index in [9.17, 15) is 26.0 Å². The molecule has 124 valence electrons. The molecule has 0 unspecified atom stereocenters. The number of aryl methyl sites for hydroxylation is 1. The fraction of sp³-hybridized carbons (Fsp3) is 0.143. The third kappa shape index (κ3) is 3.85. The van der Waals surface area contributed by atoms with Crippen LogP contribution in [0.4, 0.5) is 17.6 Å². The van der Waals surface area contributed by atoms with Crippen molar-refractivity contribution in [3.8, 4) is 0 Å². The molecular weight excluding hydrogens is 354 g/mol. The van der Waals surface area contributed by atoms with Gasteiger partial charge in [0.05, 0.1) is 4.90 Å². The Morgan fingerprint density at radius 2 is 1.43 bits per heavy atom. The number of benzene rings is 2. The molecule has 0 spiro atoms. The minimum atomic E-state index is -4.93. The lowest BCUT2D eigenvalue weighted by Crippen LogP contribution is -2.19. The molecule has 23 heavy (non-hydrogen) atoms. The summed E-state index contributed by atoms with van der Waals surface area (Å²) in [5.74, 6) is -7.44. The van der Waals surface area contributed by atoms with E-state index < -0.39 is 43.1 Å². The van der Waals surface area contributed by atoms with E-state index in [2.05, 4.69) is 5.14 Å². The number of thioether (sulfide) groups is 1. The average molecular weight is 365 g/mol. The third-order valence-corrected chi connectivity index (χ3v) is 4.93. The summed E-state index contributed by atoms with van der Waals surface area (Å²) in [6, 6.07) is 8.94. The lowest BCUT2D eigenvalue weighted by molar-refractivity contribution is 0.395. The lowest BCUT2D eigenvalue weighted by atomic mass is 10.2. The van der Waals surface area contributed by atoms with Crippen LogP contribution in [0, 0.1) is 23.3 Å². The van der Waals surface area contributed by atoms with Crippen LogP contribution in [0.15, 0.2) is 40.1 Å². The highest BCUT2D eigenvalue weighted by molar-refractivity contribution is 7.99. The van der Waals surface area contributed by atoms with E-state index in [1.807, 2.05) is 0 Å². The van der Waals surface area contributed by atoms with Gasteiger partial charge in [-0.15, -0.1) is 11.8 Å². The largest absolute Gasteiger partial charge is 0.244 e. The molecule has 0 aliphatic rings. The van der Waals surface area contributed by atoms with Crippen LogP contribution in [-0.2, 0) is 16.4 Å². The molecule has 0 atom stereocenters. The van der Waals surface area contributed by atoms with E-state index in [0.29, 0.717) is 18.2 Å². The average Bonchev–Trinajstić information content (AvgIpc) is 2.48. The Morgan fingerprint density at radius 1 is 0.913 bits per heavy atom. The molecule has 0 bridgehead atoms. The van der Waals surface area contributed by atoms with Gasteiger partial charge in [-0.1, -0.05) is 30.3 Å². The van der Waals surface area contributed by atoms with Crippen molar-refractivity contribution in [2.45, 2.75) is 16.2 Å². The van der Waals surface area contributed by atoms with Gasteiger partial charge in [-0.25, -0.2) is 31.1 Å². The van der Waals surface area contributed by atoms with E-state index in [1.54, 1.807) is 30.3 Å². The summed E-state index contributed by atoms with van der Waals surface area (Å²) in [4.78, 5) is -2.72. The number of sulfonamides is 1. The van der Waals surface area contributed by atoms with Crippen molar-refractivity contribution in [2.24, 2.45) is 5.14 Å². The Bertz CT molecular complexity index is 797. The second-order valence-corrected chi connectivity index (χ2v) is 7.15. The maximum Gasteiger partial charge on any atom is 0.244 e. The number of rotatable bonds is 5. The summed E-state index contributed by atoms with van der Waals surface area (Å²) in [6.07, 6.45) is 0.407. The quantitative estimate of drug-likeness (QED) is 0.503. The van der Waals surface area contributed by atoms with Crippen LogP contribution in [-0.4, -0.2) is 14.2 Å². The van der Waals surface area contributed by atoms with Gasteiger partial charge in [0.1, 0.15) is 0 Å². The zero-order valence-corrected chi connectivity index (χ0v) is 13.2. The zero-order valence-electron chi connectivity index (χ0n) is 11.5. The molecule has 0 aromatic heterocycles. The standard InChI is InChI=1S/C14H11F4NO2S2/c15-9-11(17)14(23(19,20)21)12(18)10(16)13(9)22-7-6-8-4-2-1-3-5-8/h1-5H,6-7H2,(H2,19,20,21). The molecule has 9 heteroatoms. The molecule has 2 rings (SSSR count). The van der Waals surface area contributed by atoms with Crippen LogP contribution in [0.3, 0.4) is 0 Å². The molecule has 2 N–H and O–H groups in total. The fourth-order valence-corrected chi connectivity index (χ4v) is 3.54. The Kier molecular flexibility index (Phi) is 5.33. The fourth-order valence-electron chi connectivity index (χ4n) is 1.88. The van der Waals surface area contributed by atoms with Gasteiger partial charge in [0.25, 0.3) is 0 Å². The first-order valence-corrected chi connectivity index (χ1v) is 8.82. The van der Waals surface area contributed by atoms with Crippen molar-refractivity contribution in [1.82, 2.24) is 0 Å². The number of nitrogens with two attached hydrogens (primary N) is 1. The molecule has 0 fully saturated rings. The van der Waals surface area contributed by atoms with E-state index >= 15 is 0 Å². The van der Waals surface area contributed by atoms with E-state index in [1.165, 1.54) is 0 Å². The van der Waals surface area contributed by atoms with Crippen molar-refractivity contribution < 1.29 is 26.0 Å². The smallest absolute Gasteiger partial charge is 0.224 e. The molecular formula is C14H11F4NO2S2. The minimum absolute atomic E-state index is 0.144. The van der Waals surface area contributed by atoms with Gasteiger partial charge in [0.2, 0.25) is 10.0 Å². The minimum Gasteiger partial charge on any atom is -0.224 e. The van der Waals surface area contributed by atoms with Crippen LogP contribution >= 0.6 is 11.8 Å². The van der Waals surface area contributed by atoms with E-state index in [0.717, 1.165) is 5.56 Å². The summed E-state index contributed by atoms with van der Waals surface area (Å²) in [6.45, 7) is 0. The normalized spacial score (nSPS) is 11.7.